The van der Waals surface area contributed by atoms with E-state index < -0.39 is 0 Å². The first-order chi connectivity index (χ1) is 8.88. The second-order valence-electron chi connectivity index (χ2n) is 4.57. The van der Waals surface area contributed by atoms with Gasteiger partial charge in [-0.2, -0.15) is 4.98 Å². The zero-order valence-corrected chi connectivity index (χ0v) is 10.7. The van der Waals surface area contributed by atoms with Gasteiger partial charge in [0.05, 0.1) is 18.9 Å². The Balaban J connectivity index is 1.94. The Labute approximate surface area is 107 Å². The predicted octanol–water partition coefficient (Wildman–Crippen LogP) is 0.000600. The topological polar surface area (TPSA) is 62.3 Å². The molecule has 1 fully saturated rings. The molecule has 1 aromatic rings. The van der Waals surface area contributed by atoms with Crippen LogP contribution < -0.4 is 15.5 Å². The number of hydrogen-bond acceptors (Lipinski definition) is 6. The van der Waals surface area contributed by atoms with Crippen molar-refractivity contribution in [1.82, 2.24) is 15.3 Å². The highest BCUT2D eigenvalue weighted by Crippen LogP contribution is 2.23. The van der Waals surface area contributed by atoms with Crippen LogP contribution in [0.25, 0.3) is 0 Å². The lowest BCUT2D eigenvalue weighted by molar-refractivity contribution is 0.122. The maximum Gasteiger partial charge on any atom is 0.227 e. The molecular weight excluding hydrogens is 230 g/mol. The number of nitrogens with one attached hydrogen (secondary N) is 2. The molecule has 0 aromatic carbocycles. The molecule has 3 rings (SSSR count). The number of ether oxygens (including phenoxy) is 1. The minimum Gasteiger partial charge on any atom is -0.378 e. The number of aromatic nitrogens is 2. The number of hydrogen-bond donors (Lipinski definition) is 2. The molecule has 0 aliphatic carbocycles. The summed E-state index contributed by atoms with van der Waals surface area (Å²) in [5, 5.41) is 6.55. The van der Waals surface area contributed by atoms with Crippen LogP contribution >= 0.6 is 0 Å². The van der Waals surface area contributed by atoms with Crippen LogP contribution in [0, 0.1) is 0 Å². The third-order valence-electron chi connectivity index (χ3n) is 3.45. The highest BCUT2D eigenvalue weighted by atomic mass is 16.5. The van der Waals surface area contributed by atoms with Gasteiger partial charge in [-0.05, 0) is 0 Å². The third kappa shape index (κ3) is 2.13. The molecule has 0 spiro atoms. The Bertz CT molecular complexity index is 413. The number of rotatable bonds is 2. The van der Waals surface area contributed by atoms with E-state index in [0.717, 1.165) is 57.6 Å². The summed E-state index contributed by atoms with van der Waals surface area (Å²) < 4.78 is 5.37. The summed E-state index contributed by atoms with van der Waals surface area (Å²) in [6.45, 7) is 5.12. The van der Waals surface area contributed by atoms with Crippen LogP contribution in [0.1, 0.15) is 11.3 Å². The van der Waals surface area contributed by atoms with E-state index >= 15 is 0 Å². The van der Waals surface area contributed by atoms with Gasteiger partial charge in [-0.25, -0.2) is 4.98 Å². The lowest BCUT2D eigenvalue weighted by Crippen LogP contribution is -2.38. The van der Waals surface area contributed by atoms with Crippen LogP contribution in [-0.4, -0.2) is 49.9 Å². The van der Waals surface area contributed by atoms with Crippen LogP contribution in [0.3, 0.4) is 0 Å². The van der Waals surface area contributed by atoms with Gasteiger partial charge in [-0.3, -0.25) is 0 Å². The molecule has 6 heteroatoms. The SMILES string of the molecule is CNc1nc(N2CCOCC2)nc2c1CNCC2. The van der Waals surface area contributed by atoms with Gasteiger partial charge in [-0.1, -0.05) is 0 Å². The number of morpholine rings is 1. The van der Waals surface area contributed by atoms with Crippen molar-refractivity contribution in [1.29, 1.82) is 0 Å². The van der Waals surface area contributed by atoms with Crippen molar-refractivity contribution >= 4 is 11.8 Å². The monoisotopic (exact) mass is 249 g/mol. The molecule has 18 heavy (non-hydrogen) atoms. The van der Waals surface area contributed by atoms with Gasteiger partial charge in [-0.15, -0.1) is 0 Å². The van der Waals surface area contributed by atoms with Crippen molar-refractivity contribution < 1.29 is 4.74 Å². The van der Waals surface area contributed by atoms with Crippen molar-refractivity contribution in [3.05, 3.63) is 11.3 Å². The first kappa shape index (κ1) is 11.7. The van der Waals surface area contributed by atoms with Crippen molar-refractivity contribution in [2.24, 2.45) is 0 Å². The van der Waals surface area contributed by atoms with Gasteiger partial charge in [0, 0.05) is 45.2 Å². The molecule has 2 N–H and O–H groups in total. The zero-order chi connectivity index (χ0) is 12.4. The average Bonchev–Trinajstić information content (AvgIpc) is 2.47. The highest BCUT2D eigenvalue weighted by molar-refractivity contribution is 5.52. The fourth-order valence-electron chi connectivity index (χ4n) is 2.44. The van der Waals surface area contributed by atoms with Crippen LogP contribution in [0.2, 0.25) is 0 Å². The molecule has 0 bridgehead atoms. The molecule has 0 unspecified atom stereocenters. The van der Waals surface area contributed by atoms with E-state index in [9.17, 15) is 0 Å². The van der Waals surface area contributed by atoms with E-state index in [2.05, 4.69) is 20.5 Å². The van der Waals surface area contributed by atoms with Crippen molar-refractivity contribution in [3.63, 3.8) is 0 Å². The molecular formula is C12H19N5O. The number of anilines is 2. The second-order valence-corrected chi connectivity index (χ2v) is 4.57. The maximum absolute atomic E-state index is 5.37. The average molecular weight is 249 g/mol. The van der Waals surface area contributed by atoms with Gasteiger partial charge in [0.15, 0.2) is 0 Å². The highest BCUT2D eigenvalue weighted by Gasteiger charge is 2.20. The molecule has 2 aliphatic rings. The van der Waals surface area contributed by atoms with Gasteiger partial charge in [0.1, 0.15) is 5.82 Å². The summed E-state index contributed by atoms with van der Waals surface area (Å²) in [4.78, 5) is 11.6. The van der Waals surface area contributed by atoms with Crippen LogP contribution in [0.5, 0.6) is 0 Å². The molecule has 1 saturated heterocycles. The summed E-state index contributed by atoms with van der Waals surface area (Å²) in [7, 11) is 1.92. The standard InChI is InChI=1S/C12H19N5O/c1-13-11-9-8-14-3-2-10(9)15-12(16-11)17-4-6-18-7-5-17/h14H,2-8H2,1H3,(H,13,15,16). The summed E-state index contributed by atoms with van der Waals surface area (Å²) in [6.07, 6.45) is 0.976. The van der Waals surface area contributed by atoms with Crippen molar-refractivity contribution in [2.75, 3.05) is 50.1 Å². The molecule has 3 heterocycles. The van der Waals surface area contributed by atoms with Crippen molar-refractivity contribution in [2.45, 2.75) is 13.0 Å². The summed E-state index contributed by atoms with van der Waals surface area (Å²) in [5.74, 6) is 1.79. The Kier molecular flexibility index (Phi) is 3.29. The molecule has 98 valence electrons. The summed E-state index contributed by atoms with van der Waals surface area (Å²) in [6, 6.07) is 0. The van der Waals surface area contributed by atoms with Crippen LogP contribution in [0.4, 0.5) is 11.8 Å². The first-order valence-corrected chi connectivity index (χ1v) is 6.49. The Morgan fingerprint density at radius 1 is 1.28 bits per heavy atom. The Morgan fingerprint density at radius 2 is 2.11 bits per heavy atom. The zero-order valence-electron chi connectivity index (χ0n) is 10.7. The van der Waals surface area contributed by atoms with Gasteiger partial charge < -0.3 is 20.3 Å². The molecule has 1 aromatic heterocycles. The van der Waals surface area contributed by atoms with Gasteiger partial charge in [0.25, 0.3) is 0 Å². The summed E-state index contributed by atoms with van der Waals surface area (Å²) >= 11 is 0. The maximum atomic E-state index is 5.37. The molecule has 2 aliphatic heterocycles. The quantitative estimate of drug-likeness (QED) is 0.769. The number of nitrogens with zero attached hydrogens (tertiary/aromatic N) is 3. The van der Waals surface area contributed by atoms with E-state index in [1.54, 1.807) is 0 Å². The van der Waals surface area contributed by atoms with E-state index in [-0.39, 0.29) is 0 Å². The van der Waals surface area contributed by atoms with Crippen molar-refractivity contribution in [3.8, 4) is 0 Å². The normalized spacial score (nSPS) is 19.5. The fraction of sp³-hybridized carbons (Fsp3) is 0.667. The van der Waals surface area contributed by atoms with E-state index in [4.69, 9.17) is 9.72 Å². The predicted molar refractivity (Wildman–Crippen MR) is 70.0 cm³/mol. The lowest BCUT2D eigenvalue weighted by atomic mass is 10.1. The lowest BCUT2D eigenvalue weighted by Gasteiger charge is -2.29. The van der Waals surface area contributed by atoms with Crippen LogP contribution in [0.15, 0.2) is 0 Å². The van der Waals surface area contributed by atoms with Gasteiger partial charge >= 0.3 is 0 Å². The molecule has 0 amide bonds. The molecule has 0 atom stereocenters. The largest absolute Gasteiger partial charge is 0.378 e. The van der Waals surface area contributed by atoms with E-state index in [0.29, 0.717) is 0 Å². The minimum absolute atomic E-state index is 0.761. The van der Waals surface area contributed by atoms with Crippen LogP contribution in [-0.2, 0) is 17.7 Å². The second kappa shape index (κ2) is 5.07. The summed E-state index contributed by atoms with van der Waals surface area (Å²) in [5.41, 5.74) is 2.38. The van der Waals surface area contributed by atoms with E-state index in [1.807, 2.05) is 7.05 Å². The third-order valence-corrected chi connectivity index (χ3v) is 3.45. The Hall–Kier alpha value is -1.40. The van der Waals surface area contributed by atoms with Gasteiger partial charge in [0.2, 0.25) is 5.95 Å². The molecule has 0 saturated carbocycles. The fourth-order valence-corrected chi connectivity index (χ4v) is 2.44. The smallest absolute Gasteiger partial charge is 0.227 e. The Morgan fingerprint density at radius 3 is 2.89 bits per heavy atom. The molecule has 6 nitrogen and oxygen atoms in total. The van der Waals surface area contributed by atoms with E-state index in [1.165, 1.54) is 11.3 Å². The number of fused-ring (bicyclic) bond motifs is 1. The first-order valence-electron chi connectivity index (χ1n) is 6.49. The minimum atomic E-state index is 0.761. The molecule has 0 radical (unpaired) electrons.